The number of nitrogens with one attached hydrogen (secondary N) is 3. The summed E-state index contributed by atoms with van der Waals surface area (Å²) in [6.45, 7) is -0.115. The van der Waals surface area contributed by atoms with Crippen molar-refractivity contribution in [1.82, 2.24) is 11.0 Å². The summed E-state index contributed by atoms with van der Waals surface area (Å²) in [6.07, 6.45) is -3.29. The Balaban J connectivity index is 1.65. The van der Waals surface area contributed by atoms with E-state index in [9.17, 15) is 22.4 Å². The van der Waals surface area contributed by atoms with Crippen LogP contribution < -0.4 is 22.0 Å². The Morgan fingerprint density at radius 1 is 1.21 bits per heavy atom. The lowest BCUT2D eigenvalue weighted by Crippen LogP contribution is -2.26. The highest BCUT2D eigenvalue weighted by atomic mass is 19.4. The predicted octanol–water partition coefficient (Wildman–Crippen LogP) is 3.14. The molecule has 0 saturated heterocycles. The Bertz CT molecular complexity index is 985. The molecule has 152 valence electrons. The molecule has 1 aliphatic rings. The van der Waals surface area contributed by atoms with Crippen LogP contribution in [0.5, 0.6) is 0 Å². The number of halogens is 4. The molecule has 0 radical (unpaired) electrons. The number of nitrogens with two attached hydrogens (primary N) is 1. The van der Waals surface area contributed by atoms with Gasteiger partial charge in [-0.1, -0.05) is 18.2 Å². The maximum atomic E-state index is 13.4. The number of anilines is 1. The molecular formula is C19H17F4N5O. The SMILES string of the molecule is NC1=C(C=NNNCc2cc(F)cc(C(F)(F)F)c2)CC(=O)Nc2ccccc21. The van der Waals surface area contributed by atoms with Gasteiger partial charge in [0.15, 0.2) is 0 Å². The van der Waals surface area contributed by atoms with E-state index in [1.807, 2.05) is 0 Å². The molecule has 0 bridgehead atoms. The molecule has 0 fully saturated rings. The molecule has 0 unspecified atom stereocenters. The summed E-state index contributed by atoms with van der Waals surface area (Å²) >= 11 is 0. The fourth-order valence-corrected chi connectivity index (χ4v) is 2.79. The molecule has 10 heteroatoms. The molecule has 3 rings (SSSR count). The summed E-state index contributed by atoms with van der Waals surface area (Å²) in [6, 6.07) is 9.31. The minimum atomic E-state index is -4.64. The zero-order chi connectivity index (χ0) is 21.0. The highest BCUT2D eigenvalue weighted by Gasteiger charge is 2.31. The van der Waals surface area contributed by atoms with Crippen molar-refractivity contribution in [2.75, 3.05) is 5.32 Å². The normalized spacial score (nSPS) is 14.6. The van der Waals surface area contributed by atoms with Crippen LogP contribution in [0, 0.1) is 5.82 Å². The van der Waals surface area contributed by atoms with E-state index in [2.05, 4.69) is 21.4 Å². The Morgan fingerprint density at radius 3 is 2.72 bits per heavy atom. The highest BCUT2D eigenvalue weighted by molar-refractivity contribution is 6.05. The van der Waals surface area contributed by atoms with Crippen molar-refractivity contribution < 1.29 is 22.4 Å². The molecule has 6 nitrogen and oxygen atoms in total. The fourth-order valence-electron chi connectivity index (χ4n) is 2.79. The molecule has 0 atom stereocenters. The number of carbonyl (C=O) groups excluding carboxylic acids is 1. The molecule has 0 saturated carbocycles. The standard InChI is InChI=1S/C19H17F4N5O/c20-14-6-11(5-13(8-14)19(21,22)23)9-25-28-26-10-12-7-17(29)27-16-4-2-1-3-15(16)18(12)24/h1-6,8,10,25,28H,7,9,24H2,(H,27,29). The average molecular weight is 407 g/mol. The molecule has 0 aromatic heterocycles. The van der Waals surface area contributed by atoms with Gasteiger partial charge in [0.2, 0.25) is 5.91 Å². The van der Waals surface area contributed by atoms with Gasteiger partial charge in [-0.2, -0.15) is 18.3 Å². The number of para-hydroxylation sites is 1. The van der Waals surface area contributed by atoms with Crippen molar-refractivity contribution in [1.29, 1.82) is 0 Å². The smallest absolute Gasteiger partial charge is 0.398 e. The van der Waals surface area contributed by atoms with Gasteiger partial charge in [0.25, 0.3) is 0 Å². The number of hydrazine groups is 1. The first-order chi connectivity index (χ1) is 13.7. The van der Waals surface area contributed by atoms with Crippen LogP contribution >= 0.6 is 0 Å². The first-order valence-electron chi connectivity index (χ1n) is 8.49. The predicted molar refractivity (Wildman–Crippen MR) is 101 cm³/mol. The van der Waals surface area contributed by atoms with E-state index in [1.165, 1.54) is 6.21 Å². The lowest BCUT2D eigenvalue weighted by molar-refractivity contribution is -0.137. The second-order valence-electron chi connectivity index (χ2n) is 6.28. The molecule has 29 heavy (non-hydrogen) atoms. The minimum absolute atomic E-state index is 0.00450. The maximum Gasteiger partial charge on any atom is 0.416 e. The summed E-state index contributed by atoms with van der Waals surface area (Å²) < 4.78 is 51.6. The number of carbonyl (C=O) groups is 1. The number of benzene rings is 2. The largest absolute Gasteiger partial charge is 0.416 e. The Kier molecular flexibility index (Phi) is 5.83. The summed E-state index contributed by atoms with van der Waals surface area (Å²) in [7, 11) is 0. The van der Waals surface area contributed by atoms with Gasteiger partial charge < -0.3 is 11.1 Å². The lowest BCUT2D eigenvalue weighted by Gasteiger charge is -2.10. The number of amides is 1. The number of hydrogen-bond donors (Lipinski definition) is 4. The van der Waals surface area contributed by atoms with Gasteiger partial charge in [-0.3, -0.25) is 4.79 Å². The van der Waals surface area contributed by atoms with Crippen molar-refractivity contribution >= 4 is 23.5 Å². The van der Waals surface area contributed by atoms with Crippen LogP contribution in [0.1, 0.15) is 23.1 Å². The molecule has 0 aliphatic carbocycles. The summed E-state index contributed by atoms with van der Waals surface area (Å²) in [5.41, 5.74) is 12.2. The topological polar surface area (TPSA) is 91.5 Å². The summed E-state index contributed by atoms with van der Waals surface area (Å²) in [4.78, 5) is 12.0. The van der Waals surface area contributed by atoms with Gasteiger partial charge in [-0.15, -0.1) is 0 Å². The Morgan fingerprint density at radius 2 is 1.97 bits per heavy atom. The fraction of sp³-hybridized carbons (Fsp3) is 0.158. The van der Waals surface area contributed by atoms with Gasteiger partial charge in [0.1, 0.15) is 5.82 Å². The van der Waals surface area contributed by atoms with E-state index in [4.69, 9.17) is 5.73 Å². The van der Waals surface area contributed by atoms with E-state index in [0.717, 1.165) is 12.1 Å². The number of fused-ring (bicyclic) bond motifs is 1. The van der Waals surface area contributed by atoms with Crippen LogP contribution in [-0.4, -0.2) is 12.1 Å². The second-order valence-corrected chi connectivity index (χ2v) is 6.28. The number of nitrogens with zero attached hydrogens (tertiary/aromatic N) is 1. The van der Waals surface area contributed by atoms with E-state index in [1.54, 1.807) is 24.3 Å². The maximum absolute atomic E-state index is 13.4. The van der Waals surface area contributed by atoms with Gasteiger partial charge in [0, 0.05) is 23.4 Å². The van der Waals surface area contributed by atoms with Crippen LogP contribution in [0.2, 0.25) is 0 Å². The molecule has 1 aliphatic heterocycles. The van der Waals surface area contributed by atoms with Gasteiger partial charge in [-0.05, 0) is 29.8 Å². The molecule has 5 N–H and O–H groups in total. The van der Waals surface area contributed by atoms with Crippen LogP contribution in [0.25, 0.3) is 5.70 Å². The second kappa shape index (κ2) is 8.31. The van der Waals surface area contributed by atoms with Crippen LogP contribution in [0.4, 0.5) is 23.2 Å². The summed E-state index contributed by atoms with van der Waals surface area (Å²) in [5.74, 6) is -1.24. The third kappa shape index (κ3) is 5.11. The molecule has 2 aromatic carbocycles. The number of alkyl halides is 3. The zero-order valence-corrected chi connectivity index (χ0v) is 15.0. The van der Waals surface area contributed by atoms with Crippen LogP contribution in [-0.2, 0) is 17.5 Å². The van der Waals surface area contributed by atoms with E-state index in [-0.39, 0.29) is 24.4 Å². The van der Waals surface area contributed by atoms with Crippen molar-refractivity contribution in [3.05, 3.63) is 70.5 Å². The van der Waals surface area contributed by atoms with Gasteiger partial charge in [-0.25, -0.2) is 15.4 Å². The Hall–Kier alpha value is -3.40. The zero-order valence-electron chi connectivity index (χ0n) is 15.0. The first-order valence-corrected chi connectivity index (χ1v) is 8.49. The quantitative estimate of drug-likeness (QED) is 0.265. The Labute approximate surface area is 163 Å². The lowest BCUT2D eigenvalue weighted by atomic mass is 10.1. The first kappa shape index (κ1) is 20.3. The van der Waals surface area contributed by atoms with Gasteiger partial charge in [0.05, 0.1) is 23.9 Å². The molecule has 1 amide bonds. The highest BCUT2D eigenvalue weighted by Crippen LogP contribution is 2.30. The van der Waals surface area contributed by atoms with Gasteiger partial charge >= 0.3 is 6.18 Å². The molecule has 0 spiro atoms. The average Bonchev–Trinajstić information content (AvgIpc) is 2.77. The molecule has 2 aromatic rings. The molecule has 1 heterocycles. The number of rotatable bonds is 5. The van der Waals surface area contributed by atoms with E-state index >= 15 is 0 Å². The van der Waals surface area contributed by atoms with Crippen LogP contribution in [0.3, 0.4) is 0 Å². The third-order valence-corrected chi connectivity index (χ3v) is 4.13. The minimum Gasteiger partial charge on any atom is -0.398 e. The van der Waals surface area contributed by atoms with Crippen LogP contribution in [0.15, 0.2) is 53.1 Å². The van der Waals surface area contributed by atoms with E-state index in [0.29, 0.717) is 28.6 Å². The number of hydrogen-bond acceptors (Lipinski definition) is 5. The van der Waals surface area contributed by atoms with Crippen molar-refractivity contribution in [2.24, 2.45) is 10.8 Å². The monoisotopic (exact) mass is 407 g/mol. The van der Waals surface area contributed by atoms with Crippen molar-refractivity contribution in [3.63, 3.8) is 0 Å². The van der Waals surface area contributed by atoms with Crippen molar-refractivity contribution in [2.45, 2.75) is 19.1 Å². The third-order valence-electron chi connectivity index (χ3n) is 4.13. The van der Waals surface area contributed by atoms with E-state index < -0.39 is 17.6 Å². The summed E-state index contributed by atoms with van der Waals surface area (Å²) in [5, 5.41) is 6.63. The molecular weight excluding hydrogens is 390 g/mol. The number of hydrazone groups is 1. The van der Waals surface area contributed by atoms with Crippen molar-refractivity contribution in [3.8, 4) is 0 Å².